The summed E-state index contributed by atoms with van der Waals surface area (Å²) in [5.74, 6) is 0. The van der Waals surface area contributed by atoms with Crippen molar-refractivity contribution < 1.29 is 13.2 Å². The molecule has 0 aliphatic rings. The van der Waals surface area contributed by atoms with Crippen molar-refractivity contribution in [2.45, 2.75) is 64.3 Å². The van der Waals surface area contributed by atoms with Crippen LogP contribution in [0, 0.1) is 5.41 Å². The van der Waals surface area contributed by atoms with E-state index in [4.69, 9.17) is 11.1 Å². The van der Waals surface area contributed by atoms with Crippen molar-refractivity contribution in [3.05, 3.63) is 47.9 Å². The quantitative estimate of drug-likeness (QED) is 0.373. The third-order valence-corrected chi connectivity index (χ3v) is 14.9. The van der Waals surface area contributed by atoms with Gasteiger partial charge >= 0.3 is 6.18 Å². The van der Waals surface area contributed by atoms with Crippen molar-refractivity contribution in [2.24, 2.45) is 5.73 Å². The van der Waals surface area contributed by atoms with Crippen molar-refractivity contribution >= 4 is 29.6 Å². The van der Waals surface area contributed by atoms with Gasteiger partial charge in [-0.2, -0.15) is 13.2 Å². The van der Waals surface area contributed by atoms with Gasteiger partial charge in [-0.3, -0.25) is 10.4 Å². The smallest absolute Gasteiger partial charge is 0.395 e. The molecule has 0 amide bonds. The molecule has 0 radical (unpaired) electrons. The number of allylic oxidation sites excluding steroid dienone is 2. The van der Waals surface area contributed by atoms with E-state index in [1.54, 1.807) is 17.4 Å². The Morgan fingerprint density at radius 3 is 2.13 bits per heavy atom. The highest BCUT2D eigenvalue weighted by Crippen LogP contribution is 2.43. The Morgan fingerprint density at radius 1 is 1.07 bits per heavy atom. The Balaban J connectivity index is 2.46. The molecule has 0 unspecified atom stereocenters. The number of hydrogen-bond donors (Lipinski definition) is 2. The van der Waals surface area contributed by atoms with Gasteiger partial charge in [-0.15, -0.1) is 11.3 Å². The summed E-state index contributed by atoms with van der Waals surface area (Å²) in [4.78, 5) is 5.10. The lowest BCUT2D eigenvalue weighted by molar-refractivity contribution is -0.0925. The molecule has 2 heterocycles. The highest BCUT2D eigenvalue weighted by atomic mass is 32.1. The molecule has 0 atom stereocenters. The van der Waals surface area contributed by atoms with Crippen LogP contribution in [-0.4, -0.2) is 24.9 Å². The average Bonchev–Trinajstić information content (AvgIpc) is 3.10. The van der Waals surface area contributed by atoms with Gasteiger partial charge in [0.2, 0.25) is 0 Å². The summed E-state index contributed by atoms with van der Waals surface area (Å²) in [6, 6.07) is 7.78. The van der Waals surface area contributed by atoms with Crippen LogP contribution in [0.4, 0.5) is 13.2 Å². The summed E-state index contributed by atoms with van der Waals surface area (Å²) < 4.78 is 39.5. The van der Waals surface area contributed by atoms with Gasteiger partial charge in [0, 0.05) is 11.1 Å². The molecule has 2 aromatic heterocycles. The van der Waals surface area contributed by atoms with Crippen LogP contribution in [0.25, 0.3) is 10.4 Å². The van der Waals surface area contributed by atoms with Crippen LogP contribution in [0.2, 0.25) is 16.6 Å². The van der Waals surface area contributed by atoms with E-state index in [0.29, 0.717) is 22.7 Å². The minimum Gasteiger partial charge on any atom is -0.395 e. The maximum atomic E-state index is 12.7. The molecule has 0 fully saturated rings. The second-order valence-corrected chi connectivity index (χ2v) is 15.8. The Bertz CT molecular complexity index is 908. The summed E-state index contributed by atoms with van der Waals surface area (Å²) in [7, 11) is -1.78. The predicted molar refractivity (Wildman–Crippen MR) is 123 cm³/mol. The topological polar surface area (TPSA) is 62.8 Å². The van der Waals surface area contributed by atoms with Crippen LogP contribution in [0.15, 0.2) is 42.2 Å². The van der Waals surface area contributed by atoms with Crippen molar-refractivity contribution in [2.75, 3.05) is 0 Å². The molecule has 0 saturated heterocycles. The Kier molecular flexibility index (Phi) is 7.35. The van der Waals surface area contributed by atoms with E-state index in [9.17, 15) is 13.2 Å². The molecular formula is C22H30F3N3SSi. The van der Waals surface area contributed by atoms with E-state index >= 15 is 0 Å². The van der Waals surface area contributed by atoms with Gasteiger partial charge in [0.25, 0.3) is 0 Å². The minimum atomic E-state index is -4.66. The summed E-state index contributed by atoms with van der Waals surface area (Å²) in [6.07, 6.45) is -2.53. The van der Waals surface area contributed by atoms with E-state index < -0.39 is 19.9 Å². The van der Waals surface area contributed by atoms with Crippen LogP contribution in [0.5, 0.6) is 0 Å². The summed E-state index contributed by atoms with van der Waals surface area (Å²) >= 11 is 1.76. The Morgan fingerprint density at radius 2 is 1.63 bits per heavy atom. The number of aromatic nitrogens is 1. The highest BCUT2D eigenvalue weighted by molar-refractivity contribution is 7.29. The first kappa shape index (κ1) is 24.3. The zero-order valence-corrected chi connectivity index (χ0v) is 20.1. The first-order valence-corrected chi connectivity index (χ1v) is 13.1. The summed E-state index contributed by atoms with van der Waals surface area (Å²) in [6.45, 7) is 13.9. The Labute approximate surface area is 181 Å². The number of halogens is 3. The van der Waals surface area contributed by atoms with Gasteiger partial charge < -0.3 is 5.73 Å². The molecule has 0 bridgehead atoms. The average molecular weight is 454 g/mol. The van der Waals surface area contributed by atoms with Crippen molar-refractivity contribution in [3.63, 3.8) is 0 Å². The maximum absolute atomic E-state index is 12.7. The SMILES string of the molecule is CC(C)[Si](c1ccc(-c2ccnc(C(=N)C=C(N)C(F)(F)F)c2)s1)(C(C)C)C(C)C. The van der Waals surface area contributed by atoms with Crippen molar-refractivity contribution in [1.29, 1.82) is 5.41 Å². The number of hydrogen-bond acceptors (Lipinski definition) is 4. The molecular weight excluding hydrogens is 423 g/mol. The van der Waals surface area contributed by atoms with Gasteiger partial charge in [-0.25, -0.2) is 0 Å². The number of pyridine rings is 1. The number of thiophene rings is 1. The number of nitrogens with two attached hydrogens (primary N) is 1. The second-order valence-electron chi connectivity index (χ2n) is 8.50. The zero-order chi connectivity index (χ0) is 22.9. The molecule has 0 spiro atoms. The van der Waals surface area contributed by atoms with E-state index in [1.165, 1.54) is 10.7 Å². The van der Waals surface area contributed by atoms with Gasteiger partial charge in [-0.05, 0) is 51.0 Å². The minimum absolute atomic E-state index is 0.162. The lowest BCUT2D eigenvalue weighted by Crippen LogP contribution is -2.54. The first-order chi connectivity index (χ1) is 13.8. The van der Waals surface area contributed by atoms with E-state index in [-0.39, 0.29) is 11.4 Å². The monoisotopic (exact) mass is 453 g/mol. The van der Waals surface area contributed by atoms with E-state index in [0.717, 1.165) is 10.4 Å². The van der Waals surface area contributed by atoms with Gasteiger partial charge in [0.15, 0.2) is 0 Å². The lowest BCUT2D eigenvalue weighted by Gasteiger charge is -2.42. The van der Waals surface area contributed by atoms with Crippen molar-refractivity contribution in [3.8, 4) is 10.4 Å². The predicted octanol–water partition coefficient (Wildman–Crippen LogP) is 6.47. The fourth-order valence-electron chi connectivity index (χ4n) is 4.62. The third-order valence-electron chi connectivity index (χ3n) is 5.85. The standard InChI is InChI=1S/C22H30F3N3SSi/c1-13(2)30(14(3)4,15(5)6)21-8-7-19(29-21)16-9-10-28-18(11-16)17(26)12-20(27)22(23,24)25/h7-15,26H,27H2,1-6H3. The summed E-state index contributed by atoms with van der Waals surface area (Å²) in [5.41, 5.74) is 6.14. The number of nitrogens with zero attached hydrogens (tertiary/aromatic N) is 1. The van der Waals surface area contributed by atoms with Gasteiger partial charge in [0.1, 0.15) is 13.8 Å². The molecule has 3 N–H and O–H groups in total. The van der Waals surface area contributed by atoms with E-state index in [1.807, 2.05) is 6.07 Å². The number of rotatable bonds is 7. The molecule has 0 saturated carbocycles. The van der Waals surface area contributed by atoms with Gasteiger partial charge in [-0.1, -0.05) is 47.6 Å². The first-order valence-electron chi connectivity index (χ1n) is 10.0. The molecule has 8 heteroatoms. The second kappa shape index (κ2) is 9.06. The van der Waals surface area contributed by atoms with Crippen LogP contribution in [-0.2, 0) is 0 Å². The fourth-order valence-corrected chi connectivity index (χ4v) is 14.6. The molecule has 0 aliphatic heterocycles. The van der Waals surface area contributed by atoms with Crippen LogP contribution in [0.1, 0.15) is 47.2 Å². The summed E-state index contributed by atoms with van der Waals surface area (Å²) in [5, 5.41) is 7.96. The highest BCUT2D eigenvalue weighted by Gasteiger charge is 2.45. The van der Waals surface area contributed by atoms with Crippen LogP contribution < -0.4 is 10.2 Å². The molecule has 164 valence electrons. The molecule has 30 heavy (non-hydrogen) atoms. The fraction of sp³-hybridized carbons (Fsp3) is 0.455. The zero-order valence-electron chi connectivity index (χ0n) is 18.3. The van der Waals surface area contributed by atoms with E-state index in [2.05, 4.69) is 58.7 Å². The largest absolute Gasteiger partial charge is 0.430 e. The maximum Gasteiger partial charge on any atom is 0.430 e. The Hall–Kier alpha value is -1.93. The lowest BCUT2D eigenvalue weighted by atomic mass is 10.1. The van der Waals surface area contributed by atoms with Crippen molar-refractivity contribution in [1.82, 2.24) is 4.98 Å². The number of nitrogens with one attached hydrogen (secondary N) is 1. The normalized spacial score (nSPS) is 13.5. The third kappa shape index (κ3) is 4.69. The number of alkyl halides is 3. The van der Waals surface area contributed by atoms with Crippen LogP contribution in [0.3, 0.4) is 0 Å². The molecule has 0 aliphatic carbocycles. The van der Waals surface area contributed by atoms with Gasteiger partial charge in [0.05, 0.1) is 11.4 Å². The molecule has 3 nitrogen and oxygen atoms in total. The molecule has 2 aromatic rings. The van der Waals surface area contributed by atoms with Crippen LogP contribution >= 0.6 is 11.3 Å². The molecule has 0 aromatic carbocycles. The molecule has 2 rings (SSSR count).